The summed E-state index contributed by atoms with van der Waals surface area (Å²) in [6.07, 6.45) is 5.29. The van der Waals surface area contributed by atoms with E-state index in [1.807, 2.05) is 36.0 Å². The van der Waals surface area contributed by atoms with Crippen LogP contribution in [0.25, 0.3) is 22.0 Å². The number of hydrogen-bond acceptors (Lipinski definition) is 3. The minimum absolute atomic E-state index is 0.0679. The zero-order valence-corrected chi connectivity index (χ0v) is 15.6. The van der Waals surface area contributed by atoms with Gasteiger partial charge in [0, 0.05) is 55.3 Å². The summed E-state index contributed by atoms with van der Waals surface area (Å²) in [7, 11) is 3.67. The smallest absolute Gasteiger partial charge is 0.254 e. The summed E-state index contributed by atoms with van der Waals surface area (Å²) in [6, 6.07) is 13.9. The van der Waals surface area contributed by atoms with E-state index in [-0.39, 0.29) is 11.7 Å². The first-order chi connectivity index (χ1) is 13.5. The third-order valence-corrected chi connectivity index (χ3v) is 4.76. The van der Waals surface area contributed by atoms with Gasteiger partial charge in [0.25, 0.3) is 5.91 Å². The molecule has 6 heteroatoms. The molecule has 5 nitrogen and oxygen atoms in total. The third-order valence-electron chi connectivity index (χ3n) is 4.76. The normalized spacial score (nSPS) is 11.0. The highest BCUT2D eigenvalue weighted by atomic mass is 19.1. The number of pyridine rings is 1. The lowest BCUT2D eigenvalue weighted by Gasteiger charge is -2.17. The molecule has 0 radical (unpaired) electrons. The number of carbonyl (C=O) groups is 1. The average Bonchev–Trinajstić information content (AvgIpc) is 3.11. The summed E-state index contributed by atoms with van der Waals surface area (Å²) in [6.45, 7) is 0.440. The van der Waals surface area contributed by atoms with E-state index in [0.29, 0.717) is 17.6 Å². The van der Waals surface area contributed by atoms with Crippen LogP contribution in [-0.4, -0.2) is 32.4 Å². The van der Waals surface area contributed by atoms with Gasteiger partial charge >= 0.3 is 0 Å². The van der Waals surface area contributed by atoms with Crippen molar-refractivity contribution in [2.24, 2.45) is 7.05 Å². The Kier molecular flexibility index (Phi) is 4.61. The molecule has 0 fully saturated rings. The van der Waals surface area contributed by atoms with Gasteiger partial charge in [-0.05, 0) is 35.9 Å². The van der Waals surface area contributed by atoms with Crippen molar-refractivity contribution in [1.29, 1.82) is 0 Å². The first-order valence-electron chi connectivity index (χ1n) is 8.89. The van der Waals surface area contributed by atoms with E-state index in [4.69, 9.17) is 0 Å². The van der Waals surface area contributed by atoms with Gasteiger partial charge in [-0.15, -0.1) is 0 Å². The largest absolute Gasteiger partial charge is 0.337 e. The molecule has 0 spiro atoms. The van der Waals surface area contributed by atoms with Gasteiger partial charge in [-0.3, -0.25) is 9.78 Å². The number of carbonyl (C=O) groups excluding carboxylic acids is 1. The van der Waals surface area contributed by atoms with Crippen LogP contribution in [0.1, 0.15) is 16.2 Å². The second-order valence-corrected chi connectivity index (χ2v) is 6.75. The Morgan fingerprint density at radius 2 is 1.86 bits per heavy atom. The fourth-order valence-electron chi connectivity index (χ4n) is 3.11. The highest BCUT2D eigenvalue weighted by Gasteiger charge is 2.14. The molecule has 140 valence electrons. The van der Waals surface area contributed by atoms with Crippen molar-refractivity contribution >= 4 is 16.8 Å². The van der Waals surface area contributed by atoms with Gasteiger partial charge in [0.2, 0.25) is 0 Å². The Hall–Kier alpha value is -3.54. The zero-order valence-electron chi connectivity index (χ0n) is 15.6. The van der Waals surface area contributed by atoms with E-state index in [1.54, 1.807) is 42.5 Å². The summed E-state index contributed by atoms with van der Waals surface area (Å²) in [5.74, 6) is 0.457. The number of aromatic nitrogens is 3. The lowest BCUT2D eigenvalue weighted by Crippen LogP contribution is -2.27. The number of hydrogen-bond donors (Lipinski definition) is 0. The monoisotopic (exact) mass is 374 g/mol. The minimum Gasteiger partial charge on any atom is -0.337 e. The van der Waals surface area contributed by atoms with Crippen molar-refractivity contribution < 1.29 is 9.18 Å². The van der Waals surface area contributed by atoms with Gasteiger partial charge in [0.15, 0.2) is 0 Å². The second-order valence-electron chi connectivity index (χ2n) is 6.75. The van der Waals surface area contributed by atoms with Crippen LogP contribution in [0.4, 0.5) is 4.39 Å². The summed E-state index contributed by atoms with van der Waals surface area (Å²) in [5, 5.41) is 0.869. The van der Waals surface area contributed by atoms with Gasteiger partial charge in [0.1, 0.15) is 11.6 Å². The maximum absolute atomic E-state index is 13.3. The molecule has 0 saturated heterocycles. The lowest BCUT2D eigenvalue weighted by molar-refractivity contribution is 0.0780. The molecule has 4 rings (SSSR count). The summed E-state index contributed by atoms with van der Waals surface area (Å²) in [4.78, 5) is 22.9. The number of amides is 1. The molecule has 0 unspecified atom stereocenters. The predicted molar refractivity (Wildman–Crippen MR) is 106 cm³/mol. The molecule has 0 saturated carbocycles. The maximum atomic E-state index is 13.3. The van der Waals surface area contributed by atoms with Gasteiger partial charge in [0.05, 0.1) is 12.1 Å². The van der Waals surface area contributed by atoms with Crippen molar-refractivity contribution in [3.05, 3.63) is 84.3 Å². The molecular weight excluding hydrogens is 355 g/mol. The molecule has 0 aliphatic carbocycles. The van der Waals surface area contributed by atoms with E-state index >= 15 is 0 Å². The molecule has 0 aliphatic rings. The number of nitrogens with zero attached hydrogens (tertiary/aromatic N) is 4. The molecule has 0 bridgehead atoms. The van der Waals surface area contributed by atoms with E-state index in [2.05, 4.69) is 9.97 Å². The van der Waals surface area contributed by atoms with Gasteiger partial charge in [-0.25, -0.2) is 9.37 Å². The standard InChI is InChI=1S/C22H19FN4O/c1-26-10-9-24-21(26)14-27(2)22(28)16-5-3-15(4-6-16)18-11-17-7-8-19(23)12-20(17)25-13-18/h3-13H,14H2,1-2H3. The Bertz CT molecular complexity index is 1150. The Morgan fingerprint density at radius 1 is 1.07 bits per heavy atom. The zero-order chi connectivity index (χ0) is 19.7. The van der Waals surface area contributed by atoms with Crippen molar-refractivity contribution in [2.45, 2.75) is 6.54 Å². The van der Waals surface area contributed by atoms with Crippen molar-refractivity contribution in [2.75, 3.05) is 7.05 Å². The Balaban J connectivity index is 1.54. The van der Waals surface area contributed by atoms with Crippen molar-refractivity contribution in [3.63, 3.8) is 0 Å². The number of aryl methyl sites for hydroxylation is 1. The number of benzene rings is 2. The maximum Gasteiger partial charge on any atom is 0.254 e. The van der Waals surface area contributed by atoms with Gasteiger partial charge in [-0.1, -0.05) is 12.1 Å². The lowest BCUT2D eigenvalue weighted by atomic mass is 10.0. The number of fused-ring (bicyclic) bond motifs is 1. The highest BCUT2D eigenvalue weighted by molar-refractivity contribution is 5.94. The first kappa shape index (κ1) is 17.9. The van der Waals surface area contributed by atoms with Crippen LogP contribution in [0.5, 0.6) is 0 Å². The fourth-order valence-corrected chi connectivity index (χ4v) is 3.11. The third kappa shape index (κ3) is 3.49. The molecule has 1 amide bonds. The van der Waals surface area contributed by atoms with Crippen LogP contribution in [0, 0.1) is 5.82 Å². The highest BCUT2D eigenvalue weighted by Crippen LogP contribution is 2.24. The van der Waals surface area contributed by atoms with Crippen molar-refractivity contribution in [3.8, 4) is 11.1 Å². The molecule has 2 heterocycles. The number of imidazole rings is 1. The molecular formula is C22H19FN4O. The van der Waals surface area contributed by atoms with Crippen LogP contribution >= 0.6 is 0 Å². The first-order valence-corrected chi connectivity index (χ1v) is 8.89. The predicted octanol–water partition coefficient (Wildman–Crippen LogP) is 4.05. The van der Waals surface area contributed by atoms with E-state index < -0.39 is 0 Å². The summed E-state index contributed by atoms with van der Waals surface area (Å²) in [5.41, 5.74) is 3.09. The van der Waals surface area contributed by atoms with E-state index in [0.717, 1.165) is 22.3 Å². The molecule has 0 N–H and O–H groups in total. The SMILES string of the molecule is CN(Cc1nccn1C)C(=O)c1ccc(-c2cnc3cc(F)ccc3c2)cc1. The number of halogens is 1. The average molecular weight is 374 g/mol. The molecule has 4 aromatic rings. The fraction of sp³-hybridized carbons (Fsp3) is 0.136. The molecule has 2 aromatic carbocycles. The topological polar surface area (TPSA) is 51.0 Å². The molecule has 0 aliphatic heterocycles. The summed E-state index contributed by atoms with van der Waals surface area (Å²) >= 11 is 0. The van der Waals surface area contributed by atoms with Crippen molar-refractivity contribution in [1.82, 2.24) is 19.4 Å². The second kappa shape index (κ2) is 7.23. The van der Waals surface area contributed by atoms with Crippen LogP contribution in [-0.2, 0) is 13.6 Å². The Morgan fingerprint density at radius 3 is 2.57 bits per heavy atom. The minimum atomic E-state index is -0.301. The van der Waals surface area contributed by atoms with E-state index in [1.165, 1.54) is 12.1 Å². The van der Waals surface area contributed by atoms with Crippen LogP contribution in [0.15, 0.2) is 67.1 Å². The number of rotatable bonds is 4. The van der Waals surface area contributed by atoms with E-state index in [9.17, 15) is 9.18 Å². The molecule has 28 heavy (non-hydrogen) atoms. The van der Waals surface area contributed by atoms with Gasteiger partial charge < -0.3 is 9.47 Å². The molecule has 2 aromatic heterocycles. The van der Waals surface area contributed by atoms with Crippen LogP contribution in [0.2, 0.25) is 0 Å². The van der Waals surface area contributed by atoms with Gasteiger partial charge in [-0.2, -0.15) is 0 Å². The Labute approximate surface area is 162 Å². The molecule has 0 atom stereocenters. The quantitative estimate of drug-likeness (QED) is 0.542. The van der Waals surface area contributed by atoms with Crippen LogP contribution < -0.4 is 0 Å². The van der Waals surface area contributed by atoms with Crippen LogP contribution in [0.3, 0.4) is 0 Å². The summed E-state index contributed by atoms with van der Waals surface area (Å²) < 4.78 is 15.2.